The number of rotatable bonds is 2. The van der Waals surface area contributed by atoms with E-state index in [-0.39, 0.29) is 0 Å². The average molecular weight is 93.1 g/mol. The standard InChI is InChI=1S/C7H9/c1-4-6-7(3)5-2/h2,4H,1,6H2,3H3. The van der Waals surface area contributed by atoms with Crippen molar-refractivity contribution in [1.82, 2.24) is 0 Å². The van der Waals surface area contributed by atoms with Gasteiger partial charge in [0.15, 0.2) is 0 Å². The van der Waals surface area contributed by atoms with Crippen LogP contribution in [-0.2, 0) is 0 Å². The molecular weight excluding hydrogens is 84.1 g/mol. The van der Waals surface area contributed by atoms with E-state index in [1.54, 1.807) is 6.08 Å². The van der Waals surface area contributed by atoms with Gasteiger partial charge < -0.3 is 0 Å². The zero-order valence-electron chi connectivity index (χ0n) is 4.57. The molecule has 0 unspecified atom stereocenters. The largest absolute Gasteiger partial charge is 0.119 e. The predicted molar refractivity (Wildman–Crippen MR) is 32.6 cm³/mol. The first-order chi connectivity index (χ1) is 3.31. The zero-order chi connectivity index (χ0) is 5.70. The third-order valence-corrected chi connectivity index (χ3v) is 0.697. The maximum atomic E-state index is 5.02. The summed E-state index contributed by atoms with van der Waals surface area (Å²) in [6.07, 6.45) is 7.67. The summed E-state index contributed by atoms with van der Waals surface area (Å²) < 4.78 is 0. The first kappa shape index (κ1) is 6.30. The van der Waals surface area contributed by atoms with Crippen molar-refractivity contribution in [1.29, 1.82) is 0 Å². The lowest BCUT2D eigenvalue weighted by atomic mass is 10.1. The molecule has 7 heavy (non-hydrogen) atoms. The van der Waals surface area contributed by atoms with Gasteiger partial charge >= 0.3 is 0 Å². The van der Waals surface area contributed by atoms with E-state index in [2.05, 4.69) is 12.5 Å². The summed E-state index contributed by atoms with van der Waals surface area (Å²) in [7, 11) is 0. The molecule has 0 rings (SSSR count). The Bertz CT molecular complexity index is 84.7. The highest BCUT2D eigenvalue weighted by Gasteiger charge is 1.88. The highest BCUT2D eigenvalue weighted by molar-refractivity contribution is 5.15. The molecule has 0 saturated carbocycles. The maximum Gasteiger partial charge on any atom is 0.0483 e. The third-order valence-electron chi connectivity index (χ3n) is 0.697. The van der Waals surface area contributed by atoms with E-state index in [0.29, 0.717) is 0 Å². The molecule has 0 spiro atoms. The molecule has 0 aromatic carbocycles. The molecule has 0 atom stereocenters. The molecule has 0 aliphatic rings. The lowest BCUT2D eigenvalue weighted by Gasteiger charge is -1.91. The van der Waals surface area contributed by atoms with Gasteiger partial charge in [-0.3, -0.25) is 0 Å². The Kier molecular flexibility index (Phi) is 3.14. The summed E-state index contributed by atoms with van der Waals surface area (Å²) in [6.45, 7) is 5.45. The van der Waals surface area contributed by atoms with E-state index in [9.17, 15) is 0 Å². The van der Waals surface area contributed by atoms with E-state index < -0.39 is 0 Å². The van der Waals surface area contributed by atoms with Crippen molar-refractivity contribution >= 4 is 0 Å². The van der Waals surface area contributed by atoms with E-state index in [4.69, 9.17) is 6.42 Å². The Morgan fingerprint density at radius 2 is 2.57 bits per heavy atom. The minimum atomic E-state index is 0.844. The average Bonchev–Trinajstić information content (AvgIpc) is 1.68. The lowest BCUT2D eigenvalue weighted by molar-refractivity contribution is 1.10. The molecule has 0 aromatic rings. The topological polar surface area (TPSA) is 0 Å². The van der Waals surface area contributed by atoms with Crippen LogP contribution in [0.15, 0.2) is 12.7 Å². The van der Waals surface area contributed by atoms with Gasteiger partial charge in [0.05, 0.1) is 0 Å². The van der Waals surface area contributed by atoms with Crippen LogP contribution in [0, 0.1) is 18.3 Å². The Morgan fingerprint density at radius 3 is 2.71 bits per heavy atom. The molecule has 0 amide bonds. The normalized spacial score (nSPS) is 8.14. The number of allylic oxidation sites excluding steroid dienone is 1. The van der Waals surface area contributed by atoms with Gasteiger partial charge in [0.2, 0.25) is 0 Å². The Hall–Kier alpha value is -0.700. The molecule has 0 nitrogen and oxygen atoms in total. The SMILES string of the molecule is C#C[C](C)CC=C. The fourth-order valence-electron chi connectivity index (χ4n) is 0.275. The van der Waals surface area contributed by atoms with E-state index >= 15 is 0 Å². The van der Waals surface area contributed by atoms with Crippen LogP contribution in [-0.4, -0.2) is 0 Å². The van der Waals surface area contributed by atoms with Gasteiger partial charge in [0.25, 0.3) is 0 Å². The summed E-state index contributed by atoms with van der Waals surface area (Å²) in [5.74, 6) is 3.55. The molecule has 0 aromatic heterocycles. The Morgan fingerprint density at radius 1 is 2.00 bits per heavy atom. The minimum Gasteiger partial charge on any atom is -0.119 e. The molecule has 0 N–H and O–H groups in total. The first-order valence-corrected chi connectivity index (χ1v) is 2.21. The molecule has 0 fully saturated rings. The van der Waals surface area contributed by atoms with Crippen LogP contribution in [0.25, 0.3) is 0 Å². The molecule has 0 aliphatic carbocycles. The lowest BCUT2D eigenvalue weighted by Crippen LogP contribution is -1.79. The second-order valence-electron chi connectivity index (χ2n) is 1.42. The van der Waals surface area contributed by atoms with Gasteiger partial charge in [-0.25, -0.2) is 0 Å². The van der Waals surface area contributed by atoms with Crippen LogP contribution in [0.4, 0.5) is 0 Å². The van der Waals surface area contributed by atoms with Crippen molar-refractivity contribution in [2.24, 2.45) is 0 Å². The maximum absolute atomic E-state index is 5.02. The van der Waals surface area contributed by atoms with Crippen molar-refractivity contribution in [3.05, 3.63) is 18.6 Å². The van der Waals surface area contributed by atoms with Crippen LogP contribution >= 0.6 is 0 Å². The highest BCUT2D eigenvalue weighted by atomic mass is 13.9. The summed E-state index contributed by atoms with van der Waals surface area (Å²) in [4.78, 5) is 0. The molecule has 0 heteroatoms. The van der Waals surface area contributed by atoms with Crippen LogP contribution in [0.5, 0.6) is 0 Å². The molecule has 0 aliphatic heterocycles. The van der Waals surface area contributed by atoms with Crippen molar-refractivity contribution in [2.75, 3.05) is 0 Å². The summed E-state index contributed by atoms with van der Waals surface area (Å²) in [5, 5.41) is 0. The molecule has 0 heterocycles. The first-order valence-electron chi connectivity index (χ1n) is 2.21. The van der Waals surface area contributed by atoms with Crippen LogP contribution in [0.3, 0.4) is 0 Å². The Balaban J connectivity index is 3.21. The Labute approximate surface area is 45.2 Å². The van der Waals surface area contributed by atoms with Gasteiger partial charge in [0.1, 0.15) is 0 Å². The summed E-state index contributed by atoms with van der Waals surface area (Å²) >= 11 is 0. The van der Waals surface area contributed by atoms with E-state index in [1.807, 2.05) is 6.92 Å². The fourth-order valence-corrected chi connectivity index (χ4v) is 0.275. The molecule has 0 bridgehead atoms. The molecule has 0 saturated heterocycles. The summed E-state index contributed by atoms with van der Waals surface area (Å²) in [6, 6.07) is 0. The zero-order valence-corrected chi connectivity index (χ0v) is 4.57. The van der Waals surface area contributed by atoms with Gasteiger partial charge in [0, 0.05) is 5.92 Å². The number of terminal acetylenes is 1. The van der Waals surface area contributed by atoms with E-state index in [1.165, 1.54) is 0 Å². The number of hydrogen-bond donors (Lipinski definition) is 0. The fraction of sp³-hybridized carbons (Fsp3) is 0.286. The predicted octanol–water partition coefficient (Wildman–Crippen LogP) is 1.79. The number of hydrogen-bond acceptors (Lipinski definition) is 0. The van der Waals surface area contributed by atoms with Crippen LogP contribution in [0.1, 0.15) is 13.3 Å². The molecule has 1 radical (unpaired) electrons. The van der Waals surface area contributed by atoms with Crippen molar-refractivity contribution in [3.63, 3.8) is 0 Å². The quantitative estimate of drug-likeness (QED) is 0.360. The van der Waals surface area contributed by atoms with Crippen molar-refractivity contribution in [2.45, 2.75) is 13.3 Å². The highest BCUT2D eigenvalue weighted by Crippen LogP contribution is 2.00. The van der Waals surface area contributed by atoms with Gasteiger partial charge in [-0.15, -0.1) is 13.0 Å². The smallest absolute Gasteiger partial charge is 0.0483 e. The van der Waals surface area contributed by atoms with Crippen molar-refractivity contribution < 1.29 is 0 Å². The van der Waals surface area contributed by atoms with E-state index in [0.717, 1.165) is 12.3 Å². The summed E-state index contributed by atoms with van der Waals surface area (Å²) in [5.41, 5.74) is 0. The van der Waals surface area contributed by atoms with Crippen LogP contribution in [0.2, 0.25) is 0 Å². The minimum absolute atomic E-state index is 0.844. The second kappa shape index (κ2) is 3.49. The molecule has 37 valence electrons. The van der Waals surface area contributed by atoms with Gasteiger partial charge in [-0.1, -0.05) is 12.0 Å². The van der Waals surface area contributed by atoms with Crippen LogP contribution < -0.4 is 0 Å². The van der Waals surface area contributed by atoms with Gasteiger partial charge in [-0.05, 0) is 13.3 Å². The van der Waals surface area contributed by atoms with Gasteiger partial charge in [-0.2, -0.15) is 0 Å². The molecular formula is C7H9. The third kappa shape index (κ3) is 3.12. The van der Waals surface area contributed by atoms with Crippen molar-refractivity contribution in [3.8, 4) is 12.3 Å². The monoisotopic (exact) mass is 93.1 g/mol. The second-order valence-corrected chi connectivity index (χ2v) is 1.42.